The highest BCUT2D eigenvalue weighted by Crippen LogP contribution is 2.26. The van der Waals surface area contributed by atoms with Crippen LogP contribution < -0.4 is 14.4 Å². The van der Waals surface area contributed by atoms with Gasteiger partial charge in [-0.05, 0) is 61.9 Å². The summed E-state index contributed by atoms with van der Waals surface area (Å²) in [6.07, 6.45) is 0.135. The summed E-state index contributed by atoms with van der Waals surface area (Å²) in [5.74, 6) is -1.17. The molecule has 0 aliphatic rings. The van der Waals surface area contributed by atoms with E-state index in [9.17, 15) is 22.4 Å². The van der Waals surface area contributed by atoms with Crippen molar-refractivity contribution in [3.63, 3.8) is 0 Å². The summed E-state index contributed by atoms with van der Waals surface area (Å²) in [4.78, 5) is 29.2. The number of ether oxygens (including phenoxy) is 1. The Hall–Kier alpha value is -4.70. The largest absolute Gasteiger partial charge is 0.497 e. The average molecular weight is 618 g/mol. The van der Waals surface area contributed by atoms with Crippen LogP contribution >= 0.6 is 0 Å². The zero-order valence-corrected chi connectivity index (χ0v) is 25.7. The smallest absolute Gasteiger partial charge is 0.264 e. The van der Waals surface area contributed by atoms with Crippen molar-refractivity contribution in [2.45, 2.75) is 43.8 Å². The van der Waals surface area contributed by atoms with Gasteiger partial charge in [-0.1, -0.05) is 66.7 Å². The number of carbonyl (C=O) groups excluding carboxylic acids is 2. The zero-order chi connectivity index (χ0) is 31.7. The Morgan fingerprint density at radius 3 is 2.02 bits per heavy atom. The number of nitrogens with zero attached hydrogens (tertiary/aromatic N) is 2. The molecule has 0 spiro atoms. The number of hydrogen-bond donors (Lipinski definition) is 1. The lowest BCUT2D eigenvalue weighted by atomic mass is 10.0. The van der Waals surface area contributed by atoms with Crippen molar-refractivity contribution < 1.29 is 27.1 Å². The van der Waals surface area contributed by atoms with Gasteiger partial charge in [0.15, 0.2) is 0 Å². The van der Waals surface area contributed by atoms with Crippen LogP contribution in [0, 0.1) is 5.82 Å². The van der Waals surface area contributed by atoms with Crippen LogP contribution in [0.3, 0.4) is 0 Å². The molecule has 230 valence electrons. The van der Waals surface area contributed by atoms with Crippen LogP contribution in [0.25, 0.3) is 0 Å². The Morgan fingerprint density at radius 1 is 0.841 bits per heavy atom. The van der Waals surface area contributed by atoms with E-state index >= 15 is 0 Å². The number of hydrogen-bond acceptors (Lipinski definition) is 5. The molecule has 8 nitrogen and oxygen atoms in total. The van der Waals surface area contributed by atoms with E-state index in [-0.39, 0.29) is 35.2 Å². The molecule has 0 aliphatic carbocycles. The Kier molecular flexibility index (Phi) is 10.7. The molecule has 0 saturated heterocycles. The predicted octanol–water partition coefficient (Wildman–Crippen LogP) is 5.19. The summed E-state index contributed by atoms with van der Waals surface area (Å²) >= 11 is 0. The van der Waals surface area contributed by atoms with Gasteiger partial charge in [0, 0.05) is 24.6 Å². The SMILES string of the molecule is COc1ccc(S(=O)(=O)N(CC(=O)N(Cc2ccccc2F)C(Cc2ccccc2)C(=O)NC(C)C)c2ccccc2)cc1. The van der Waals surface area contributed by atoms with Gasteiger partial charge in [-0.25, -0.2) is 12.8 Å². The van der Waals surface area contributed by atoms with Crippen molar-refractivity contribution in [1.29, 1.82) is 0 Å². The molecule has 44 heavy (non-hydrogen) atoms. The molecule has 0 radical (unpaired) electrons. The maximum Gasteiger partial charge on any atom is 0.264 e. The lowest BCUT2D eigenvalue weighted by Gasteiger charge is -2.34. The van der Waals surface area contributed by atoms with Gasteiger partial charge in [0.25, 0.3) is 10.0 Å². The first-order valence-corrected chi connectivity index (χ1v) is 15.6. The monoisotopic (exact) mass is 617 g/mol. The number of amides is 2. The number of sulfonamides is 1. The Labute approximate surface area is 258 Å². The van der Waals surface area contributed by atoms with Crippen molar-refractivity contribution in [1.82, 2.24) is 10.2 Å². The molecule has 2 amide bonds. The lowest BCUT2D eigenvalue weighted by molar-refractivity contribution is -0.140. The van der Waals surface area contributed by atoms with Gasteiger partial charge >= 0.3 is 0 Å². The van der Waals surface area contributed by atoms with E-state index in [1.807, 2.05) is 30.3 Å². The summed E-state index contributed by atoms with van der Waals surface area (Å²) in [5, 5.41) is 2.88. The van der Waals surface area contributed by atoms with E-state index in [1.165, 1.54) is 48.4 Å². The van der Waals surface area contributed by atoms with Crippen molar-refractivity contribution in [2.24, 2.45) is 0 Å². The molecule has 10 heteroatoms. The standard InChI is InChI=1S/C34H36FN3O5S/c1-25(2)36-34(40)32(22-26-12-6-4-7-13-26)37(23-27-14-10-11-17-31(27)35)33(39)24-38(28-15-8-5-9-16-28)44(41,42)30-20-18-29(43-3)19-21-30/h4-21,25,32H,22-24H2,1-3H3,(H,36,40). The van der Waals surface area contributed by atoms with Crippen molar-refractivity contribution >= 4 is 27.5 Å². The van der Waals surface area contributed by atoms with Gasteiger partial charge in [0.05, 0.1) is 17.7 Å². The fourth-order valence-electron chi connectivity index (χ4n) is 4.74. The Bertz CT molecular complexity index is 1650. The maximum atomic E-state index is 15.0. The van der Waals surface area contributed by atoms with Crippen LogP contribution in [-0.2, 0) is 32.6 Å². The van der Waals surface area contributed by atoms with Crippen molar-refractivity contribution in [3.05, 3.63) is 126 Å². The first-order valence-electron chi connectivity index (χ1n) is 14.2. The van der Waals surface area contributed by atoms with Crippen molar-refractivity contribution in [3.8, 4) is 5.75 Å². The number of methoxy groups -OCH3 is 1. The fourth-order valence-corrected chi connectivity index (χ4v) is 6.16. The summed E-state index contributed by atoms with van der Waals surface area (Å²) in [6.45, 7) is 2.73. The van der Waals surface area contributed by atoms with Crippen LogP contribution in [0.2, 0.25) is 0 Å². The summed E-state index contributed by atoms with van der Waals surface area (Å²) in [6, 6.07) is 28.0. The van der Waals surface area contributed by atoms with E-state index in [1.54, 1.807) is 56.3 Å². The van der Waals surface area contributed by atoms with E-state index in [0.29, 0.717) is 5.75 Å². The second kappa shape index (κ2) is 14.7. The molecule has 4 aromatic carbocycles. The molecular weight excluding hydrogens is 581 g/mol. The second-order valence-corrected chi connectivity index (χ2v) is 12.4. The second-order valence-electron chi connectivity index (χ2n) is 10.5. The number of nitrogens with one attached hydrogen (secondary N) is 1. The molecule has 0 aromatic heterocycles. The molecule has 0 fully saturated rings. The highest BCUT2D eigenvalue weighted by atomic mass is 32.2. The van der Waals surface area contributed by atoms with Crippen molar-refractivity contribution in [2.75, 3.05) is 18.0 Å². The number of para-hydroxylation sites is 1. The van der Waals surface area contributed by atoms with Gasteiger partial charge in [-0.2, -0.15) is 0 Å². The summed E-state index contributed by atoms with van der Waals surface area (Å²) in [5.41, 5.74) is 1.24. The maximum absolute atomic E-state index is 15.0. The fraction of sp³-hybridized carbons (Fsp3) is 0.235. The molecule has 0 bridgehead atoms. The predicted molar refractivity (Wildman–Crippen MR) is 168 cm³/mol. The molecule has 0 saturated carbocycles. The molecule has 4 aromatic rings. The third kappa shape index (κ3) is 8.02. The van der Waals surface area contributed by atoms with Gasteiger partial charge < -0.3 is 15.0 Å². The topological polar surface area (TPSA) is 96.0 Å². The first-order chi connectivity index (χ1) is 21.1. The minimum absolute atomic E-state index is 0.0472. The van der Waals surface area contributed by atoms with E-state index in [4.69, 9.17) is 4.74 Å². The van der Waals surface area contributed by atoms with Crippen LogP contribution in [0.5, 0.6) is 5.75 Å². The normalized spacial score (nSPS) is 11.9. The average Bonchev–Trinajstić information content (AvgIpc) is 3.02. The molecule has 0 heterocycles. The molecule has 0 aliphatic heterocycles. The number of benzene rings is 4. The summed E-state index contributed by atoms with van der Waals surface area (Å²) in [7, 11) is -2.78. The Morgan fingerprint density at radius 2 is 1.43 bits per heavy atom. The highest BCUT2D eigenvalue weighted by molar-refractivity contribution is 7.92. The number of carbonyl (C=O) groups is 2. The minimum Gasteiger partial charge on any atom is -0.497 e. The van der Waals surface area contributed by atoms with E-state index < -0.39 is 40.2 Å². The lowest BCUT2D eigenvalue weighted by Crippen LogP contribution is -2.54. The number of anilines is 1. The van der Waals surface area contributed by atoms with Gasteiger partial charge in [-0.15, -0.1) is 0 Å². The molecular formula is C34H36FN3O5S. The number of rotatable bonds is 13. The first kappa shape index (κ1) is 32.2. The van der Waals surface area contributed by atoms with Gasteiger partial charge in [-0.3, -0.25) is 13.9 Å². The van der Waals surface area contributed by atoms with Gasteiger partial charge in [0.2, 0.25) is 11.8 Å². The molecule has 1 N–H and O–H groups in total. The Balaban J connectivity index is 1.79. The van der Waals surface area contributed by atoms with Crippen LogP contribution in [0.1, 0.15) is 25.0 Å². The van der Waals surface area contributed by atoms with Crippen LogP contribution in [-0.4, -0.2) is 50.9 Å². The third-order valence-corrected chi connectivity index (χ3v) is 8.76. The number of halogens is 1. The quantitative estimate of drug-likeness (QED) is 0.223. The van der Waals surface area contributed by atoms with Gasteiger partial charge in [0.1, 0.15) is 24.2 Å². The molecule has 1 atom stereocenters. The molecule has 4 rings (SSSR count). The van der Waals surface area contributed by atoms with Crippen LogP contribution in [0.15, 0.2) is 114 Å². The highest BCUT2D eigenvalue weighted by Gasteiger charge is 2.35. The zero-order valence-electron chi connectivity index (χ0n) is 24.9. The van der Waals surface area contributed by atoms with Crippen LogP contribution in [0.4, 0.5) is 10.1 Å². The molecule has 1 unspecified atom stereocenters. The third-order valence-electron chi connectivity index (χ3n) is 6.97. The minimum atomic E-state index is -4.26. The summed E-state index contributed by atoms with van der Waals surface area (Å²) < 4.78 is 49.2. The van der Waals surface area contributed by atoms with E-state index in [0.717, 1.165) is 9.87 Å². The van der Waals surface area contributed by atoms with E-state index in [2.05, 4.69) is 5.32 Å².